The molecule has 0 aliphatic heterocycles. The summed E-state index contributed by atoms with van der Waals surface area (Å²) in [6, 6.07) is 13.1. The van der Waals surface area contributed by atoms with E-state index >= 15 is 0 Å². The molecule has 0 unspecified atom stereocenters. The number of nitrogens with zero attached hydrogens (tertiary/aromatic N) is 1. The van der Waals surface area contributed by atoms with Gasteiger partial charge in [-0.25, -0.2) is 5.43 Å². The summed E-state index contributed by atoms with van der Waals surface area (Å²) in [5.41, 5.74) is 5.16. The normalized spacial score (nSPS) is 11.1. The van der Waals surface area contributed by atoms with Crippen LogP contribution in [-0.4, -0.2) is 18.7 Å². The molecule has 0 aliphatic rings. The van der Waals surface area contributed by atoms with Gasteiger partial charge in [-0.2, -0.15) is 5.10 Å². The zero-order valence-electron chi connectivity index (χ0n) is 18.8. The van der Waals surface area contributed by atoms with Gasteiger partial charge in [0, 0.05) is 16.1 Å². The lowest BCUT2D eigenvalue weighted by Gasteiger charge is -2.09. The topological polar surface area (TPSA) is 50.7 Å². The van der Waals surface area contributed by atoms with Crippen molar-refractivity contribution in [3.63, 3.8) is 0 Å². The molecular weight excluding hydrogens is 408 g/mol. The van der Waals surface area contributed by atoms with Crippen LogP contribution in [0.4, 0.5) is 0 Å². The standard InChI is InChI=1S/C26H35ClN2O2/c1-3-5-7-8-9-10-18-31-25-17-16-24(27)19-23(25)20-28-29-26(30)22-14-12-21(13-15-22)11-6-4-2/h12-17,19-20H,3-11,18H2,1-2H3,(H,29,30)/b28-20+. The minimum absolute atomic E-state index is 0.241. The van der Waals surface area contributed by atoms with Gasteiger partial charge in [-0.05, 0) is 55.2 Å². The van der Waals surface area contributed by atoms with Crippen LogP contribution in [-0.2, 0) is 6.42 Å². The summed E-state index contributed by atoms with van der Waals surface area (Å²) in [5, 5.41) is 4.71. The minimum atomic E-state index is -0.241. The van der Waals surface area contributed by atoms with E-state index < -0.39 is 0 Å². The Hall–Kier alpha value is -2.33. The van der Waals surface area contributed by atoms with Crippen molar-refractivity contribution in [3.05, 3.63) is 64.2 Å². The van der Waals surface area contributed by atoms with Gasteiger partial charge >= 0.3 is 0 Å². The van der Waals surface area contributed by atoms with E-state index in [9.17, 15) is 4.79 Å². The highest BCUT2D eigenvalue weighted by Crippen LogP contribution is 2.22. The quantitative estimate of drug-likeness (QED) is 0.191. The molecule has 5 heteroatoms. The zero-order chi connectivity index (χ0) is 22.3. The van der Waals surface area contributed by atoms with E-state index in [0.717, 1.165) is 37.0 Å². The molecule has 2 aromatic rings. The van der Waals surface area contributed by atoms with E-state index in [4.69, 9.17) is 16.3 Å². The third kappa shape index (κ3) is 9.56. The van der Waals surface area contributed by atoms with Crippen LogP contribution in [0.2, 0.25) is 5.02 Å². The second kappa shape index (κ2) is 14.6. The van der Waals surface area contributed by atoms with Crippen LogP contribution in [0.1, 0.15) is 86.7 Å². The van der Waals surface area contributed by atoms with Crippen molar-refractivity contribution in [1.29, 1.82) is 0 Å². The van der Waals surface area contributed by atoms with Crippen molar-refractivity contribution in [2.75, 3.05) is 6.61 Å². The Kier molecular flexibility index (Phi) is 11.8. The SMILES string of the molecule is CCCCCCCCOc1ccc(Cl)cc1/C=N/NC(=O)c1ccc(CCCC)cc1. The van der Waals surface area contributed by atoms with Crippen molar-refractivity contribution in [2.24, 2.45) is 5.10 Å². The first-order valence-corrected chi connectivity index (χ1v) is 11.9. The van der Waals surface area contributed by atoms with Crippen LogP contribution in [0.15, 0.2) is 47.6 Å². The molecule has 2 aromatic carbocycles. The molecule has 31 heavy (non-hydrogen) atoms. The molecule has 0 bridgehead atoms. The molecule has 0 saturated carbocycles. The van der Waals surface area contributed by atoms with E-state index in [0.29, 0.717) is 17.2 Å². The fourth-order valence-corrected chi connectivity index (χ4v) is 3.43. The summed E-state index contributed by atoms with van der Waals surface area (Å²) in [7, 11) is 0. The Labute approximate surface area is 192 Å². The number of nitrogens with one attached hydrogen (secondary N) is 1. The van der Waals surface area contributed by atoms with Gasteiger partial charge in [0.2, 0.25) is 0 Å². The fourth-order valence-electron chi connectivity index (χ4n) is 3.24. The lowest BCUT2D eigenvalue weighted by Crippen LogP contribution is -2.17. The summed E-state index contributed by atoms with van der Waals surface area (Å²) in [5.74, 6) is 0.478. The van der Waals surface area contributed by atoms with Gasteiger partial charge in [-0.15, -0.1) is 0 Å². The fraction of sp³-hybridized carbons (Fsp3) is 0.462. The number of unbranched alkanes of at least 4 members (excludes halogenated alkanes) is 6. The Morgan fingerprint density at radius 3 is 2.42 bits per heavy atom. The number of carbonyl (C=O) groups is 1. The van der Waals surface area contributed by atoms with Gasteiger partial charge in [-0.1, -0.05) is 76.1 Å². The maximum absolute atomic E-state index is 12.3. The first-order valence-electron chi connectivity index (χ1n) is 11.5. The highest BCUT2D eigenvalue weighted by Gasteiger charge is 2.06. The molecule has 2 rings (SSSR count). The lowest BCUT2D eigenvalue weighted by molar-refractivity contribution is 0.0955. The van der Waals surface area contributed by atoms with Crippen molar-refractivity contribution in [3.8, 4) is 5.75 Å². The molecular formula is C26H35ClN2O2. The average Bonchev–Trinajstić information content (AvgIpc) is 2.78. The predicted octanol–water partition coefficient (Wildman–Crippen LogP) is 7.19. The monoisotopic (exact) mass is 442 g/mol. The first-order chi connectivity index (χ1) is 15.1. The maximum atomic E-state index is 12.3. The molecule has 1 amide bonds. The van der Waals surface area contributed by atoms with Crippen molar-refractivity contribution < 1.29 is 9.53 Å². The van der Waals surface area contributed by atoms with Crippen LogP contribution >= 0.6 is 11.6 Å². The summed E-state index contributed by atoms with van der Waals surface area (Å²) in [6.07, 6.45) is 12.2. The van der Waals surface area contributed by atoms with E-state index in [2.05, 4.69) is 24.4 Å². The number of aryl methyl sites for hydroxylation is 1. The van der Waals surface area contributed by atoms with Gasteiger partial charge in [0.05, 0.1) is 12.8 Å². The van der Waals surface area contributed by atoms with Gasteiger partial charge in [0.15, 0.2) is 0 Å². The molecule has 168 valence electrons. The number of halogens is 1. The number of amides is 1. The summed E-state index contributed by atoms with van der Waals surface area (Å²) < 4.78 is 5.92. The second-order valence-corrected chi connectivity index (χ2v) is 8.23. The number of hydrogen-bond acceptors (Lipinski definition) is 3. The third-order valence-electron chi connectivity index (χ3n) is 5.13. The Balaban J connectivity index is 1.86. The Morgan fingerprint density at radius 2 is 1.68 bits per heavy atom. The molecule has 0 aromatic heterocycles. The largest absolute Gasteiger partial charge is 0.493 e. The molecule has 0 saturated heterocycles. The zero-order valence-corrected chi connectivity index (χ0v) is 19.6. The molecule has 0 radical (unpaired) electrons. The first kappa shape index (κ1) is 24.9. The average molecular weight is 443 g/mol. The number of carbonyl (C=O) groups excluding carboxylic acids is 1. The van der Waals surface area contributed by atoms with Crippen LogP contribution in [0.3, 0.4) is 0 Å². The van der Waals surface area contributed by atoms with Crippen molar-refractivity contribution in [1.82, 2.24) is 5.43 Å². The second-order valence-electron chi connectivity index (χ2n) is 7.80. The predicted molar refractivity (Wildman–Crippen MR) is 130 cm³/mol. The smallest absolute Gasteiger partial charge is 0.271 e. The number of hydrogen-bond donors (Lipinski definition) is 1. The molecule has 0 heterocycles. The molecule has 1 N–H and O–H groups in total. The number of hydrazone groups is 1. The van der Waals surface area contributed by atoms with Crippen LogP contribution < -0.4 is 10.2 Å². The summed E-state index contributed by atoms with van der Waals surface area (Å²) in [6.45, 7) is 5.05. The summed E-state index contributed by atoms with van der Waals surface area (Å²) >= 11 is 6.13. The number of ether oxygens (including phenoxy) is 1. The van der Waals surface area contributed by atoms with Gasteiger partial charge in [-0.3, -0.25) is 4.79 Å². The van der Waals surface area contributed by atoms with Crippen LogP contribution in [0.5, 0.6) is 5.75 Å². The lowest BCUT2D eigenvalue weighted by atomic mass is 10.1. The van der Waals surface area contributed by atoms with E-state index in [1.54, 1.807) is 18.3 Å². The number of rotatable bonds is 14. The maximum Gasteiger partial charge on any atom is 0.271 e. The van der Waals surface area contributed by atoms with Crippen LogP contribution in [0.25, 0.3) is 0 Å². The van der Waals surface area contributed by atoms with Gasteiger partial charge in [0.1, 0.15) is 5.75 Å². The minimum Gasteiger partial charge on any atom is -0.493 e. The van der Waals surface area contributed by atoms with Gasteiger partial charge < -0.3 is 4.74 Å². The highest BCUT2D eigenvalue weighted by molar-refractivity contribution is 6.30. The van der Waals surface area contributed by atoms with Crippen LogP contribution in [0, 0.1) is 0 Å². The molecule has 0 spiro atoms. The van der Waals surface area contributed by atoms with E-state index in [1.165, 1.54) is 37.7 Å². The van der Waals surface area contributed by atoms with Crippen molar-refractivity contribution >= 4 is 23.7 Å². The van der Waals surface area contributed by atoms with Crippen molar-refractivity contribution in [2.45, 2.75) is 71.6 Å². The Bertz CT molecular complexity index is 819. The molecule has 0 atom stereocenters. The third-order valence-corrected chi connectivity index (χ3v) is 5.37. The van der Waals surface area contributed by atoms with E-state index in [-0.39, 0.29) is 5.91 Å². The Morgan fingerprint density at radius 1 is 0.968 bits per heavy atom. The summed E-state index contributed by atoms with van der Waals surface area (Å²) in [4.78, 5) is 12.3. The molecule has 4 nitrogen and oxygen atoms in total. The van der Waals surface area contributed by atoms with E-state index in [1.807, 2.05) is 30.3 Å². The highest BCUT2D eigenvalue weighted by atomic mass is 35.5. The number of benzene rings is 2. The molecule has 0 aliphatic carbocycles. The molecule has 0 fully saturated rings. The van der Waals surface area contributed by atoms with Gasteiger partial charge in [0.25, 0.3) is 5.91 Å².